The van der Waals surface area contributed by atoms with Crippen LogP contribution in [0.2, 0.25) is 5.02 Å². The summed E-state index contributed by atoms with van der Waals surface area (Å²) >= 11 is 7.97. The van der Waals surface area contributed by atoms with Gasteiger partial charge in [-0.15, -0.1) is 5.10 Å². The number of hydrogen-bond acceptors (Lipinski definition) is 4. The molecule has 0 saturated heterocycles. The third-order valence-corrected chi connectivity index (χ3v) is 5.43. The summed E-state index contributed by atoms with van der Waals surface area (Å²) in [6.07, 6.45) is 1.97. The zero-order valence-electron chi connectivity index (χ0n) is 13.7. The van der Waals surface area contributed by atoms with Gasteiger partial charge in [0.05, 0.1) is 16.2 Å². The molecule has 0 fully saturated rings. The van der Waals surface area contributed by atoms with Gasteiger partial charge in [-0.25, -0.2) is 9.89 Å². The zero-order chi connectivity index (χ0) is 17.1. The van der Waals surface area contributed by atoms with Gasteiger partial charge < -0.3 is 0 Å². The number of fused-ring (bicyclic) bond motifs is 1. The number of aromatic amines is 1. The van der Waals surface area contributed by atoms with Crippen molar-refractivity contribution >= 4 is 34.3 Å². The standard InChI is InChI=1S/C17H19ClN4OS/c1-3-4-9-22-16(23)20-21-17(22)24-10-14-15(18)11(2)12-7-5-6-8-13(12)19-14/h5-8H,3-4,9-10H2,1-2H3,(H,20,23). The van der Waals surface area contributed by atoms with E-state index in [1.807, 2.05) is 31.2 Å². The van der Waals surface area contributed by atoms with E-state index in [-0.39, 0.29) is 5.69 Å². The molecule has 126 valence electrons. The van der Waals surface area contributed by atoms with Crippen molar-refractivity contribution in [1.29, 1.82) is 0 Å². The molecule has 0 spiro atoms. The Morgan fingerprint density at radius 2 is 2.12 bits per heavy atom. The highest BCUT2D eigenvalue weighted by Crippen LogP contribution is 2.30. The minimum Gasteiger partial charge on any atom is -0.270 e. The number of nitrogens with one attached hydrogen (secondary N) is 1. The van der Waals surface area contributed by atoms with Crippen LogP contribution >= 0.6 is 23.4 Å². The molecule has 0 aliphatic heterocycles. The summed E-state index contributed by atoms with van der Waals surface area (Å²) in [4.78, 5) is 16.5. The number of hydrogen-bond donors (Lipinski definition) is 1. The van der Waals surface area contributed by atoms with Crippen molar-refractivity contribution in [1.82, 2.24) is 19.7 Å². The van der Waals surface area contributed by atoms with Gasteiger partial charge in [0.1, 0.15) is 0 Å². The van der Waals surface area contributed by atoms with Crippen molar-refractivity contribution in [2.24, 2.45) is 0 Å². The number of unbranched alkanes of at least 4 members (excludes halogenated alkanes) is 1. The molecule has 1 aromatic carbocycles. The van der Waals surface area contributed by atoms with Crippen LogP contribution < -0.4 is 5.69 Å². The molecule has 0 unspecified atom stereocenters. The Bertz CT molecular complexity index is 919. The fraction of sp³-hybridized carbons (Fsp3) is 0.353. The summed E-state index contributed by atoms with van der Waals surface area (Å²) in [7, 11) is 0. The maximum atomic E-state index is 11.8. The number of benzene rings is 1. The Morgan fingerprint density at radius 3 is 2.92 bits per heavy atom. The van der Waals surface area contributed by atoms with E-state index in [1.54, 1.807) is 4.57 Å². The topological polar surface area (TPSA) is 63.6 Å². The normalized spacial score (nSPS) is 11.3. The molecule has 24 heavy (non-hydrogen) atoms. The minimum absolute atomic E-state index is 0.167. The number of aryl methyl sites for hydroxylation is 1. The van der Waals surface area contributed by atoms with Crippen LogP contribution in [0.4, 0.5) is 0 Å². The average molecular weight is 363 g/mol. The smallest absolute Gasteiger partial charge is 0.270 e. The quantitative estimate of drug-likeness (QED) is 0.668. The summed E-state index contributed by atoms with van der Waals surface area (Å²) in [5.41, 5.74) is 2.61. The van der Waals surface area contributed by atoms with Crippen molar-refractivity contribution in [2.75, 3.05) is 0 Å². The highest BCUT2D eigenvalue weighted by Gasteiger charge is 2.13. The van der Waals surface area contributed by atoms with E-state index in [9.17, 15) is 4.79 Å². The number of H-pyrrole nitrogens is 1. The summed E-state index contributed by atoms with van der Waals surface area (Å²) in [6.45, 7) is 4.78. The third-order valence-electron chi connectivity index (χ3n) is 3.94. The fourth-order valence-corrected chi connectivity index (χ4v) is 3.78. The van der Waals surface area contributed by atoms with Crippen LogP contribution in [0.15, 0.2) is 34.2 Å². The van der Waals surface area contributed by atoms with Crippen molar-refractivity contribution in [3.8, 4) is 0 Å². The highest BCUT2D eigenvalue weighted by molar-refractivity contribution is 7.98. The number of rotatable bonds is 6. The molecule has 0 bridgehead atoms. The molecule has 0 saturated carbocycles. The molecule has 0 atom stereocenters. The van der Waals surface area contributed by atoms with Gasteiger partial charge in [-0.3, -0.25) is 9.55 Å². The second kappa shape index (κ2) is 7.40. The van der Waals surface area contributed by atoms with Crippen LogP contribution in [-0.2, 0) is 12.3 Å². The van der Waals surface area contributed by atoms with Gasteiger partial charge in [0, 0.05) is 17.7 Å². The largest absolute Gasteiger partial charge is 0.343 e. The predicted octanol–water partition coefficient (Wildman–Crippen LogP) is 4.17. The molecule has 2 heterocycles. The van der Waals surface area contributed by atoms with Crippen LogP contribution in [-0.4, -0.2) is 19.7 Å². The van der Waals surface area contributed by atoms with Gasteiger partial charge in [0.25, 0.3) is 0 Å². The maximum Gasteiger partial charge on any atom is 0.343 e. The molecule has 5 nitrogen and oxygen atoms in total. The minimum atomic E-state index is -0.167. The number of thioether (sulfide) groups is 1. The fourth-order valence-electron chi connectivity index (χ4n) is 2.57. The number of para-hydroxylation sites is 1. The first-order valence-corrected chi connectivity index (χ1v) is 9.30. The van der Waals surface area contributed by atoms with Crippen molar-refractivity contribution in [3.63, 3.8) is 0 Å². The number of nitrogens with zero attached hydrogens (tertiary/aromatic N) is 3. The van der Waals surface area contributed by atoms with Gasteiger partial charge in [-0.05, 0) is 25.0 Å². The van der Waals surface area contributed by atoms with Crippen molar-refractivity contribution in [2.45, 2.75) is 44.1 Å². The molecule has 7 heteroatoms. The van der Waals surface area contributed by atoms with E-state index in [2.05, 4.69) is 22.1 Å². The van der Waals surface area contributed by atoms with Crippen LogP contribution in [0.25, 0.3) is 10.9 Å². The molecule has 0 amide bonds. The molecular formula is C17H19ClN4OS. The van der Waals surface area contributed by atoms with E-state index in [1.165, 1.54) is 11.8 Å². The zero-order valence-corrected chi connectivity index (χ0v) is 15.2. The van der Waals surface area contributed by atoms with E-state index >= 15 is 0 Å². The first-order valence-electron chi connectivity index (χ1n) is 7.93. The lowest BCUT2D eigenvalue weighted by molar-refractivity contribution is 0.573. The molecule has 3 rings (SSSR count). The lowest BCUT2D eigenvalue weighted by Crippen LogP contribution is -2.17. The van der Waals surface area contributed by atoms with Gasteiger partial charge in [-0.1, -0.05) is 54.9 Å². The molecule has 0 radical (unpaired) electrons. The van der Waals surface area contributed by atoms with E-state index in [0.717, 1.165) is 35.0 Å². The van der Waals surface area contributed by atoms with Crippen LogP contribution in [0, 0.1) is 6.92 Å². The van der Waals surface area contributed by atoms with Crippen molar-refractivity contribution < 1.29 is 0 Å². The van der Waals surface area contributed by atoms with E-state index < -0.39 is 0 Å². The summed E-state index contributed by atoms with van der Waals surface area (Å²) in [5.74, 6) is 0.570. The molecule has 0 aliphatic carbocycles. The first kappa shape index (κ1) is 17.0. The Hall–Kier alpha value is -1.79. The van der Waals surface area contributed by atoms with E-state index in [4.69, 9.17) is 11.6 Å². The Kier molecular flexibility index (Phi) is 5.26. The lowest BCUT2D eigenvalue weighted by atomic mass is 10.1. The Balaban J connectivity index is 1.86. The lowest BCUT2D eigenvalue weighted by Gasteiger charge is -2.10. The van der Waals surface area contributed by atoms with Gasteiger partial charge in [0.15, 0.2) is 5.16 Å². The molecule has 1 N–H and O–H groups in total. The molecular weight excluding hydrogens is 344 g/mol. The summed E-state index contributed by atoms with van der Waals surface area (Å²) < 4.78 is 1.68. The average Bonchev–Trinajstić information content (AvgIpc) is 2.95. The molecule has 2 aromatic heterocycles. The molecule has 3 aromatic rings. The monoisotopic (exact) mass is 362 g/mol. The second-order valence-electron chi connectivity index (χ2n) is 5.62. The third kappa shape index (κ3) is 3.35. The van der Waals surface area contributed by atoms with E-state index in [0.29, 0.717) is 22.5 Å². The SMILES string of the molecule is CCCCn1c(SCc2nc3ccccc3c(C)c2Cl)n[nH]c1=O. The summed E-state index contributed by atoms with van der Waals surface area (Å²) in [6, 6.07) is 7.96. The number of aromatic nitrogens is 4. The van der Waals surface area contributed by atoms with Gasteiger partial charge >= 0.3 is 5.69 Å². The second-order valence-corrected chi connectivity index (χ2v) is 6.94. The maximum absolute atomic E-state index is 11.8. The number of halogens is 1. The van der Waals surface area contributed by atoms with Crippen molar-refractivity contribution in [3.05, 3.63) is 51.0 Å². The first-order chi connectivity index (χ1) is 11.6. The van der Waals surface area contributed by atoms with Crippen LogP contribution in [0.5, 0.6) is 0 Å². The van der Waals surface area contributed by atoms with Gasteiger partial charge in [0.2, 0.25) is 0 Å². The highest BCUT2D eigenvalue weighted by atomic mass is 35.5. The Labute approximate surface area is 149 Å². The predicted molar refractivity (Wildman–Crippen MR) is 98.8 cm³/mol. The molecule has 0 aliphatic rings. The summed E-state index contributed by atoms with van der Waals surface area (Å²) in [5, 5.41) is 9.06. The Morgan fingerprint density at radius 1 is 1.33 bits per heavy atom. The number of pyridine rings is 1. The van der Waals surface area contributed by atoms with Gasteiger partial charge in [-0.2, -0.15) is 0 Å². The van der Waals surface area contributed by atoms with Crippen LogP contribution in [0.1, 0.15) is 31.0 Å². The van der Waals surface area contributed by atoms with Crippen LogP contribution in [0.3, 0.4) is 0 Å².